The molecule has 1 saturated carbocycles. The van der Waals surface area contributed by atoms with E-state index >= 15 is 0 Å². The van der Waals surface area contributed by atoms with Gasteiger partial charge in [-0.3, -0.25) is 5.32 Å². The van der Waals surface area contributed by atoms with Gasteiger partial charge in [-0.15, -0.1) is 0 Å². The summed E-state index contributed by atoms with van der Waals surface area (Å²) in [5, 5.41) is 18.6. The maximum atomic E-state index is 11.9. The number of rotatable bonds is 9. The van der Waals surface area contributed by atoms with Gasteiger partial charge in [-0.05, 0) is 56.5 Å². The number of nitrogens with two attached hydrogens (primary N) is 2. The third kappa shape index (κ3) is 5.47. The number of nitrogens with one attached hydrogen (secondary N) is 1. The Hall–Kier alpha value is -4.23. The van der Waals surface area contributed by atoms with Crippen molar-refractivity contribution in [1.29, 1.82) is 5.26 Å². The molecule has 182 valence electrons. The highest BCUT2D eigenvalue weighted by molar-refractivity contribution is 5.96. The van der Waals surface area contributed by atoms with Crippen LogP contribution in [0.3, 0.4) is 0 Å². The third-order valence-corrected chi connectivity index (χ3v) is 5.55. The van der Waals surface area contributed by atoms with Crippen LogP contribution in [0.2, 0.25) is 0 Å². The van der Waals surface area contributed by atoms with Gasteiger partial charge in [0.25, 0.3) is 0 Å². The van der Waals surface area contributed by atoms with Crippen molar-refractivity contribution >= 4 is 29.0 Å². The number of carbonyl (C=O) groups excluding carboxylic acids is 1. The summed E-state index contributed by atoms with van der Waals surface area (Å²) >= 11 is 0. The van der Waals surface area contributed by atoms with Crippen LogP contribution in [0.1, 0.15) is 38.3 Å². The summed E-state index contributed by atoms with van der Waals surface area (Å²) < 4.78 is 13.2. The van der Waals surface area contributed by atoms with Crippen molar-refractivity contribution in [3.8, 4) is 23.1 Å². The number of ether oxygens (including phenoxy) is 2. The average Bonchev–Trinajstić information content (AvgIpc) is 3.60. The second kappa shape index (κ2) is 10.4. The third-order valence-electron chi connectivity index (χ3n) is 5.55. The number of aromatic nitrogens is 1. The lowest BCUT2D eigenvalue weighted by Gasteiger charge is -2.13. The van der Waals surface area contributed by atoms with Crippen LogP contribution in [0.5, 0.6) is 5.75 Å². The van der Waals surface area contributed by atoms with E-state index in [0.717, 1.165) is 41.3 Å². The molecular formula is C25H29N7O3. The fourth-order valence-corrected chi connectivity index (χ4v) is 3.96. The summed E-state index contributed by atoms with van der Waals surface area (Å²) in [4.78, 5) is 11.9. The highest BCUT2D eigenvalue weighted by Gasteiger charge is 2.30. The van der Waals surface area contributed by atoms with Crippen LogP contribution in [0.4, 0.5) is 10.5 Å². The van der Waals surface area contributed by atoms with Gasteiger partial charge in [0.15, 0.2) is 0 Å². The molecule has 1 amide bonds. The first-order valence-electron chi connectivity index (χ1n) is 11.5. The van der Waals surface area contributed by atoms with Crippen molar-refractivity contribution < 1.29 is 14.3 Å². The summed E-state index contributed by atoms with van der Waals surface area (Å²) in [7, 11) is 0. The van der Waals surface area contributed by atoms with E-state index < -0.39 is 6.09 Å². The van der Waals surface area contributed by atoms with E-state index in [0.29, 0.717) is 36.2 Å². The molecule has 2 aromatic carbocycles. The molecule has 0 aliphatic heterocycles. The Morgan fingerprint density at radius 3 is 2.69 bits per heavy atom. The molecule has 1 heterocycles. The van der Waals surface area contributed by atoms with Crippen molar-refractivity contribution in [3.63, 3.8) is 0 Å². The van der Waals surface area contributed by atoms with Crippen LogP contribution in [-0.4, -0.2) is 41.4 Å². The zero-order chi connectivity index (χ0) is 24.9. The predicted molar refractivity (Wildman–Crippen MR) is 135 cm³/mol. The largest absolute Gasteiger partial charge is 0.492 e. The molecule has 1 aromatic heterocycles. The SMILES string of the molecule is CC(C)OC(=O)Nc1ccc(-c2c(C#N)c3ccc(OCCN(N)/N=C\N)cc3n2C2CC2)cc1. The Balaban J connectivity index is 1.64. The summed E-state index contributed by atoms with van der Waals surface area (Å²) in [5.41, 5.74) is 9.19. The molecule has 1 fully saturated rings. The number of anilines is 1. The fourth-order valence-electron chi connectivity index (χ4n) is 3.96. The number of nitrogens with zero attached hydrogens (tertiary/aromatic N) is 4. The predicted octanol–water partition coefficient (Wildman–Crippen LogP) is 3.93. The fraction of sp³-hybridized carbons (Fsp3) is 0.320. The number of hydrazone groups is 1. The zero-order valence-electron chi connectivity index (χ0n) is 19.8. The summed E-state index contributed by atoms with van der Waals surface area (Å²) in [5.74, 6) is 6.36. The maximum Gasteiger partial charge on any atom is 0.411 e. The Labute approximate surface area is 203 Å². The van der Waals surface area contributed by atoms with Gasteiger partial charge in [-0.2, -0.15) is 10.4 Å². The van der Waals surface area contributed by atoms with E-state index in [-0.39, 0.29) is 6.10 Å². The molecule has 0 unspecified atom stereocenters. The van der Waals surface area contributed by atoms with Crippen LogP contribution in [-0.2, 0) is 4.74 Å². The van der Waals surface area contributed by atoms with E-state index in [1.165, 1.54) is 5.12 Å². The van der Waals surface area contributed by atoms with Gasteiger partial charge in [0.2, 0.25) is 0 Å². The molecule has 3 aromatic rings. The molecular weight excluding hydrogens is 446 g/mol. The second-order valence-corrected chi connectivity index (χ2v) is 8.55. The smallest absolute Gasteiger partial charge is 0.411 e. The summed E-state index contributed by atoms with van der Waals surface area (Å²) in [6.45, 7) is 4.29. The number of nitriles is 1. The number of hydrazine groups is 1. The number of hydrogen-bond acceptors (Lipinski definition) is 7. The van der Waals surface area contributed by atoms with Gasteiger partial charge < -0.3 is 19.8 Å². The highest BCUT2D eigenvalue weighted by Crippen LogP contribution is 2.45. The van der Waals surface area contributed by atoms with Crippen molar-refractivity contribution in [2.24, 2.45) is 16.7 Å². The molecule has 1 aliphatic rings. The molecule has 0 bridgehead atoms. The molecule has 10 nitrogen and oxygen atoms in total. The minimum absolute atomic E-state index is 0.204. The summed E-state index contributed by atoms with van der Waals surface area (Å²) in [6.07, 6.45) is 2.51. The van der Waals surface area contributed by atoms with Crippen LogP contribution < -0.4 is 21.6 Å². The van der Waals surface area contributed by atoms with Gasteiger partial charge >= 0.3 is 6.09 Å². The Kier molecular flexibility index (Phi) is 7.08. The lowest BCUT2D eigenvalue weighted by atomic mass is 10.1. The molecule has 10 heteroatoms. The topological polar surface area (TPSA) is 144 Å². The Morgan fingerprint density at radius 1 is 1.31 bits per heavy atom. The zero-order valence-corrected chi connectivity index (χ0v) is 19.8. The second-order valence-electron chi connectivity index (χ2n) is 8.55. The first kappa shape index (κ1) is 23.9. The van der Waals surface area contributed by atoms with Crippen LogP contribution in [0.15, 0.2) is 47.6 Å². The maximum absolute atomic E-state index is 11.9. The highest BCUT2D eigenvalue weighted by atomic mass is 16.6. The van der Waals surface area contributed by atoms with Gasteiger partial charge in [0.05, 0.1) is 29.4 Å². The minimum Gasteiger partial charge on any atom is -0.492 e. The molecule has 1 aliphatic carbocycles. The summed E-state index contributed by atoms with van der Waals surface area (Å²) in [6, 6.07) is 15.9. The Morgan fingerprint density at radius 2 is 2.06 bits per heavy atom. The molecule has 4 rings (SSSR count). The van der Waals surface area contributed by atoms with Gasteiger partial charge in [0, 0.05) is 23.2 Å². The van der Waals surface area contributed by atoms with Gasteiger partial charge in [-0.25, -0.2) is 15.8 Å². The van der Waals surface area contributed by atoms with E-state index in [2.05, 4.69) is 21.1 Å². The lowest BCUT2D eigenvalue weighted by Crippen LogP contribution is -2.30. The molecule has 0 radical (unpaired) electrons. The normalized spacial score (nSPS) is 13.2. The van der Waals surface area contributed by atoms with Crippen molar-refractivity contribution in [1.82, 2.24) is 9.69 Å². The number of benzene rings is 2. The van der Waals surface area contributed by atoms with Crippen LogP contribution in [0, 0.1) is 11.3 Å². The molecule has 0 atom stereocenters. The quantitative estimate of drug-likeness (QED) is 0.184. The van der Waals surface area contributed by atoms with Gasteiger partial charge in [-0.1, -0.05) is 12.1 Å². The molecule has 0 spiro atoms. The van der Waals surface area contributed by atoms with E-state index in [9.17, 15) is 10.1 Å². The van der Waals surface area contributed by atoms with Crippen LogP contribution in [0.25, 0.3) is 22.2 Å². The standard InChI is InChI=1S/C25H29N7O3/c1-16(2)35-25(33)30-18-5-3-17(4-6-18)24-22(14-26)21-10-9-20(34-12-11-31(28)29-15-27)13-23(21)32(24)19-7-8-19/h3-6,9-10,13,15-16,19H,7-8,11-12,28H2,1-2H3,(H2,27,29)(H,30,33). The van der Waals surface area contributed by atoms with Crippen LogP contribution >= 0.6 is 0 Å². The van der Waals surface area contributed by atoms with E-state index in [1.54, 1.807) is 13.8 Å². The van der Waals surface area contributed by atoms with Crippen molar-refractivity contribution in [2.75, 3.05) is 18.5 Å². The first-order chi connectivity index (χ1) is 16.9. The molecule has 0 saturated heterocycles. The number of hydrogen-bond donors (Lipinski definition) is 3. The average molecular weight is 476 g/mol. The Bertz CT molecular complexity index is 1270. The molecule has 35 heavy (non-hydrogen) atoms. The van der Waals surface area contributed by atoms with Crippen molar-refractivity contribution in [3.05, 3.63) is 48.0 Å². The minimum atomic E-state index is -0.502. The lowest BCUT2D eigenvalue weighted by molar-refractivity contribution is 0.130. The van der Waals surface area contributed by atoms with E-state index in [1.807, 2.05) is 42.5 Å². The van der Waals surface area contributed by atoms with E-state index in [4.69, 9.17) is 21.1 Å². The van der Waals surface area contributed by atoms with Gasteiger partial charge in [0.1, 0.15) is 24.8 Å². The molecule has 5 N–H and O–H groups in total. The number of fused-ring (bicyclic) bond motifs is 1. The number of amides is 1. The number of carbonyl (C=O) groups is 1. The monoisotopic (exact) mass is 475 g/mol. The van der Waals surface area contributed by atoms with Crippen molar-refractivity contribution in [2.45, 2.75) is 38.8 Å². The first-order valence-corrected chi connectivity index (χ1v) is 11.5.